The first-order valence-electron chi connectivity index (χ1n) is 7.12. The first kappa shape index (κ1) is 16.9. The summed E-state index contributed by atoms with van der Waals surface area (Å²) >= 11 is 4.96. The second-order valence-electron chi connectivity index (χ2n) is 4.86. The molecule has 0 N–H and O–H groups in total. The zero-order chi connectivity index (χ0) is 16.9. The monoisotopic (exact) mass is 406 g/mol. The fraction of sp³-hybridized carbons (Fsp3) is 0.176. The summed E-state index contributed by atoms with van der Waals surface area (Å²) in [6.07, 6.45) is 0. The molecule has 0 aliphatic heterocycles. The van der Waals surface area contributed by atoms with Gasteiger partial charge in [-0.25, -0.2) is 0 Å². The Morgan fingerprint density at radius 1 is 1.04 bits per heavy atom. The molecule has 0 aliphatic carbocycles. The molecule has 2 aromatic carbocycles. The Bertz CT molecular complexity index is 838. The van der Waals surface area contributed by atoms with Crippen LogP contribution in [0.1, 0.15) is 5.56 Å². The lowest BCUT2D eigenvalue weighted by Gasteiger charge is -2.07. The van der Waals surface area contributed by atoms with E-state index in [4.69, 9.17) is 13.9 Å². The molecule has 0 saturated carbocycles. The molecule has 24 heavy (non-hydrogen) atoms. The minimum Gasteiger partial charge on any atom is -0.493 e. The summed E-state index contributed by atoms with van der Waals surface area (Å²) in [5.41, 5.74) is 1.97. The maximum absolute atomic E-state index is 5.73. The average molecular weight is 407 g/mol. The molecular formula is C17H15BrN2O3S. The second-order valence-corrected chi connectivity index (χ2v) is 6.70. The van der Waals surface area contributed by atoms with E-state index in [0.29, 0.717) is 22.6 Å². The summed E-state index contributed by atoms with van der Waals surface area (Å²) in [4.78, 5) is 0. The number of methoxy groups -OCH3 is 2. The van der Waals surface area contributed by atoms with Crippen LogP contribution in [0.2, 0.25) is 0 Å². The molecule has 3 rings (SSSR count). The molecule has 0 saturated heterocycles. The zero-order valence-electron chi connectivity index (χ0n) is 13.2. The average Bonchev–Trinajstić information content (AvgIpc) is 3.08. The number of nitrogens with zero attached hydrogens (tertiary/aromatic N) is 2. The molecule has 1 heterocycles. The number of ether oxygens (including phenoxy) is 2. The van der Waals surface area contributed by atoms with E-state index in [1.54, 1.807) is 14.2 Å². The maximum Gasteiger partial charge on any atom is 0.277 e. The lowest BCUT2D eigenvalue weighted by molar-refractivity contribution is 0.355. The van der Waals surface area contributed by atoms with Crippen molar-refractivity contribution in [3.63, 3.8) is 0 Å². The molecule has 5 nitrogen and oxygen atoms in total. The number of benzene rings is 2. The van der Waals surface area contributed by atoms with Crippen molar-refractivity contribution < 1.29 is 13.9 Å². The Morgan fingerprint density at radius 3 is 2.62 bits per heavy atom. The first-order valence-corrected chi connectivity index (χ1v) is 8.90. The number of rotatable bonds is 6. The van der Waals surface area contributed by atoms with Crippen LogP contribution in [0.4, 0.5) is 0 Å². The molecular weight excluding hydrogens is 392 g/mol. The van der Waals surface area contributed by atoms with Gasteiger partial charge in [0, 0.05) is 15.8 Å². The minimum atomic E-state index is 0.452. The van der Waals surface area contributed by atoms with Crippen molar-refractivity contribution in [2.75, 3.05) is 14.2 Å². The SMILES string of the molecule is COc1ccc(-c2nnc(SCc3cccc(Br)c3)o2)cc1OC. The normalized spacial score (nSPS) is 10.6. The van der Waals surface area contributed by atoms with Crippen molar-refractivity contribution in [1.82, 2.24) is 10.2 Å². The molecule has 0 radical (unpaired) electrons. The van der Waals surface area contributed by atoms with Gasteiger partial charge in [-0.15, -0.1) is 10.2 Å². The van der Waals surface area contributed by atoms with E-state index in [-0.39, 0.29) is 0 Å². The molecule has 1 aromatic heterocycles. The van der Waals surface area contributed by atoms with E-state index in [0.717, 1.165) is 15.8 Å². The number of hydrogen-bond acceptors (Lipinski definition) is 6. The summed E-state index contributed by atoms with van der Waals surface area (Å²) in [6.45, 7) is 0. The van der Waals surface area contributed by atoms with Gasteiger partial charge in [0.15, 0.2) is 11.5 Å². The Hall–Kier alpha value is -1.99. The molecule has 0 atom stereocenters. The van der Waals surface area contributed by atoms with Crippen LogP contribution in [-0.2, 0) is 5.75 Å². The summed E-state index contributed by atoms with van der Waals surface area (Å²) < 4.78 is 17.3. The first-order chi connectivity index (χ1) is 11.7. The van der Waals surface area contributed by atoms with Gasteiger partial charge in [-0.2, -0.15) is 0 Å². The summed E-state index contributed by atoms with van der Waals surface area (Å²) in [7, 11) is 3.19. The molecule has 0 unspecified atom stereocenters. The Morgan fingerprint density at radius 2 is 1.88 bits per heavy atom. The molecule has 3 aromatic rings. The summed E-state index contributed by atoms with van der Waals surface area (Å²) in [6, 6.07) is 13.6. The lowest BCUT2D eigenvalue weighted by atomic mass is 10.2. The van der Waals surface area contributed by atoms with E-state index in [9.17, 15) is 0 Å². The Balaban J connectivity index is 1.73. The van der Waals surface area contributed by atoms with Gasteiger partial charge in [0.2, 0.25) is 5.89 Å². The largest absolute Gasteiger partial charge is 0.493 e. The number of halogens is 1. The van der Waals surface area contributed by atoms with Crippen LogP contribution < -0.4 is 9.47 Å². The Labute approximate surface area is 152 Å². The van der Waals surface area contributed by atoms with Crippen molar-refractivity contribution in [3.8, 4) is 23.0 Å². The smallest absolute Gasteiger partial charge is 0.277 e. The third kappa shape index (κ3) is 3.91. The number of hydrogen-bond donors (Lipinski definition) is 0. The van der Waals surface area contributed by atoms with Crippen LogP contribution in [0.15, 0.2) is 56.6 Å². The van der Waals surface area contributed by atoms with Gasteiger partial charge in [-0.1, -0.05) is 39.8 Å². The number of thioether (sulfide) groups is 1. The molecule has 124 valence electrons. The van der Waals surface area contributed by atoms with Crippen molar-refractivity contribution in [3.05, 3.63) is 52.5 Å². The van der Waals surface area contributed by atoms with E-state index >= 15 is 0 Å². The van der Waals surface area contributed by atoms with Crippen molar-refractivity contribution in [1.29, 1.82) is 0 Å². The van der Waals surface area contributed by atoms with Crippen LogP contribution in [0, 0.1) is 0 Å². The van der Waals surface area contributed by atoms with Crippen LogP contribution >= 0.6 is 27.7 Å². The Kier molecular flexibility index (Phi) is 5.42. The van der Waals surface area contributed by atoms with Gasteiger partial charge in [0.1, 0.15) is 0 Å². The van der Waals surface area contributed by atoms with Crippen LogP contribution in [0.25, 0.3) is 11.5 Å². The van der Waals surface area contributed by atoms with Gasteiger partial charge < -0.3 is 13.9 Å². The highest BCUT2D eigenvalue weighted by atomic mass is 79.9. The fourth-order valence-electron chi connectivity index (χ4n) is 2.13. The van der Waals surface area contributed by atoms with E-state index in [1.807, 2.05) is 30.3 Å². The predicted molar refractivity (Wildman–Crippen MR) is 96.5 cm³/mol. The third-order valence-corrected chi connectivity index (χ3v) is 4.67. The quantitative estimate of drug-likeness (QED) is 0.547. The summed E-state index contributed by atoms with van der Waals surface area (Å²) in [5.74, 6) is 2.49. The highest BCUT2D eigenvalue weighted by Crippen LogP contribution is 2.33. The molecule has 0 bridgehead atoms. The summed E-state index contributed by atoms with van der Waals surface area (Å²) in [5, 5.41) is 8.72. The topological polar surface area (TPSA) is 57.4 Å². The van der Waals surface area contributed by atoms with Gasteiger partial charge in [0.25, 0.3) is 5.22 Å². The van der Waals surface area contributed by atoms with E-state index in [2.05, 4.69) is 38.3 Å². The van der Waals surface area contributed by atoms with Crippen molar-refractivity contribution in [2.45, 2.75) is 11.0 Å². The zero-order valence-corrected chi connectivity index (χ0v) is 15.6. The molecule has 0 amide bonds. The highest BCUT2D eigenvalue weighted by molar-refractivity contribution is 9.10. The van der Waals surface area contributed by atoms with E-state index < -0.39 is 0 Å². The molecule has 0 fully saturated rings. The van der Waals surface area contributed by atoms with Crippen molar-refractivity contribution in [2.24, 2.45) is 0 Å². The van der Waals surface area contributed by atoms with Crippen LogP contribution in [0.3, 0.4) is 0 Å². The fourth-order valence-corrected chi connectivity index (χ4v) is 3.28. The molecule has 0 spiro atoms. The third-order valence-electron chi connectivity index (χ3n) is 3.29. The standard InChI is InChI=1S/C17H15BrN2O3S/c1-21-14-7-6-12(9-15(14)22-2)16-19-20-17(23-16)24-10-11-4-3-5-13(18)8-11/h3-9H,10H2,1-2H3. The lowest BCUT2D eigenvalue weighted by Crippen LogP contribution is -1.90. The van der Waals surface area contributed by atoms with Gasteiger partial charge >= 0.3 is 0 Å². The van der Waals surface area contributed by atoms with Crippen LogP contribution in [-0.4, -0.2) is 24.4 Å². The predicted octanol–water partition coefficient (Wildman–Crippen LogP) is 4.81. The second kappa shape index (κ2) is 7.72. The van der Waals surface area contributed by atoms with Gasteiger partial charge in [0.05, 0.1) is 14.2 Å². The van der Waals surface area contributed by atoms with Crippen molar-refractivity contribution >= 4 is 27.7 Å². The van der Waals surface area contributed by atoms with Gasteiger partial charge in [-0.05, 0) is 35.9 Å². The van der Waals surface area contributed by atoms with Crippen LogP contribution in [0.5, 0.6) is 11.5 Å². The molecule has 0 aliphatic rings. The molecule has 7 heteroatoms. The minimum absolute atomic E-state index is 0.452. The maximum atomic E-state index is 5.73. The number of aromatic nitrogens is 2. The highest BCUT2D eigenvalue weighted by Gasteiger charge is 2.12. The van der Waals surface area contributed by atoms with E-state index in [1.165, 1.54) is 17.3 Å². The van der Waals surface area contributed by atoms with Gasteiger partial charge in [-0.3, -0.25) is 0 Å².